The van der Waals surface area contributed by atoms with E-state index in [1.54, 1.807) is 0 Å². The summed E-state index contributed by atoms with van der Waals surface area (Å²) < 4.78 is 0. The molecule has 0 bridgehead atoms. The van der Waals surface area contributed by atoms with Crippen LogP contribution in [-0.2, 0) is 13.0 Å². The molecule has 0 fully saturated rings. The zero-order valence-corrected chi connectivity index (χ0v) is 13.6. The summed E-state index contributed by atoms with van der Waals surface area (Å²) in [5.41, 5.74) is 6.47. The highest BCUT2D eigenvalue weighted by molar-refractivity contribution is 5.39. The van der Waals surface area contributed by atoms with E-state index in [0.29, 0.717) is 12.0 Å². The van der Waals surface area contributed by atoms with Gasteiger partial charge in [-0.25, -0.2) is 0 Å². The van der Waals surface area contributed by atoms with Gasteiger partial charge in [0, 0.05) is 12.1 Å². The molecular formula is C20H25NO. The molecule has 116 valence electrons. The Kier molecular flexibility index (Phi) is 4.32. The maximum atomic E-state index is 9.31. The highest BCUT2D eigenvalue weighted by Crippen LogP contribution is 2.37. The number of benzene rings is 2. The third-order valence-corrected chi connectivity index (χ3v) is 4.81. The number of fused-ring (bicyclic) bond motifs is 1. The lowest BCUT2D eigenvalue weighted by Gasteiger charge is -2.24. The first-order chi connectivity index (χ1) is 10.6. The molecule has 0 radical (unpaired) electrons. The summed E-state index contributed by atoms with van der Waals surface area (Å²) in [5.74, 6) is 0.611. The van der Waals surface area contributed by atoms with Gasteiger partial charge in [-0.3, -0.25) is 0 Å². The van der Waals surface area contributed by atoms with Gasteiger partial charge in [0.2, 0.25) is 0 Å². The van der Waals surface area contributed by atoms with Crippen molar-refractivity contribution in [3.63, 3.8) is 0 Å². The molecule has 0 spiro atoms. The molecule has 0 amide bonds. The number of nitrogens with one attached hydrogen (secondary N) is 1. The van der Waals surface area contributed by atoms with Crippen molar-refractivity contribution in [2.45, 2.75) is 45.9 Å². The van der Waals surface area contributed by atoms with E-state index >= 15 is 0 Å². The fourth-order valence-electron chi connectivity index (χ4n) is 3.54. The lowest BCUT2D eigenvalue weighted by Crippen LogP contribution is -2.27. The number of rotatable bonds is 4. The lowest BCUT2D eigenvalue weighted by molar-refractivity contribution is 0.281. The van der Waals surface area contributed by atoms with Gasteiger partial charge in [0.15, 0.2) is 0 Å². The minimum Gasteiger partial charge on any atom is -0.392 e. The standard InChI is InChI=1S/C20H25NO/c1-13-7-8-18-10-14(2)20(19(18)9-13)21-15(3)17-6-4-5-16(11-17)12-22/h4-9,11,14-15,20-22H,10,12H2,1-3H3. The predicted molar refractivity (Wildman–Crippen MR) is 90.7 cm³/mol. The van der Waals surface area contributed by atoms with Gasteiger partial charge in [0.05, 0.1) is 6.61 Å². The summed E-state index contributed by atoms with van der Waals surface area (Å²) in [4.78, 5) is 0. The Morgan fingerprint density at radius 1 is 1.23 bits per heavy atom. The van der Waals surface area contributed by atoms with Crippen LogP contribution in [0.25, 0.3) is 0 Å². The van der Waals surface area contributed by atoms with Crippen molar-refractivity contribution < 1.29 is 5.11 Å². The maximum absolute atomic E-state index is 9.31. The Labute approximate surface area is 133 Å². The molecule has 3 unspecified atom stereocenters. The molecule has 3 rings (SSSR count). The molecule has 0 aromatic heterocycles. The van der Waals surface area contributed by atoms with Crippen LogP contribution in [0.15, 0.2) is 42.5 Å². The topological polar surface area (TPSA) is 32.3 Å². The summed E-state index contributed by atoms with van der Waals surface area (Å²) in [5, 5.41) is 13.1. The second-order valence-corrected chi connectivity index (χ2v) is 6.65. The SMILES string of the molecule is Cc1ccc2c(c1)C(NC(C)c1cccc(CO)c1)C(C)C2. The third kappa shape index (κ3) is 2.94. The Bertz CT molecular complexity index is 665. The molecule has 0 saturated carbocycles. The Balaban J connectivity index is 1.82. The average Bonchev–Trinajstić information content (AvgIpc) is 2.83. The minimum atomic E-state index is 0.0996. The largest absolute Gasteiger partial charge is 0.392 e. The zero-order chi connectivity index (χ0) is 15.7. The molecule has 1 aliphatic rings. The van der Waals surface area contributed by atoms with Gasteiger partial charge >= 0.3 is 0 Å². The van der Waals surface area contributed by atoms with Crippen LogP contribution in [0, 0.1) is 12.8 Å². The highest BCUT2D eigenvalue weighted by atomic mass is 16.3. The summed E-state index contributed by atoms with van der Waals surface area (Å²) in [7, 11) is 0. The smallest absolute Gasteiger partial charge is 0.0681 e. The monoisotopic (exact) mass is 295 g/mol. The zero-order valence-electron chi connectivity index (χ0n) is 13.6. The first-order valence-corrected chi connectivity index (χ1v) is 8.13. The van der Waals surface area contributed by atoms with Crippen molar-refractivity contribution in [2.24, 2.45) is 5.92 Å². The number of aliphatic hydroxyl groups excluding tert-OH is 1. The van der Waals surface area contributed by atoms with Crippen LogP contribution in [0.2, 0.25) is 0 Å². The van der Waals surface area contributed by atoms with E-state index in [1.165, 1.54) is 22.3 Å². The Morgan fingerprint density at radius 3 is 2.82 bits per heavy atom. The maximum Gasteiger partial charge on any atom is 0.0681 e. The van der Waals surface area contributed by atoms with E-state index in [2.05, 4.69) is 56.4 Å². The molecule has 1 aliphatic carbocycles. The number of hydrogen-bond acceptors (Lipinski definition) is 2. The van der Waals surface area contributed by atoms with E-state index in [-0.39, 0.29) is 12.6 Å². The molecule has 2 N–H and O–H groups in total. The second kappa shape index (κ2) is 6.23. The fraction of sp³-hybridized carbons (Fsp3) is 0.400. The quantitative estimate of drug-likeness (QED) is 0.891. The van der Waals surface area contributed by atoms with E-state index in [1.807, 2.05) is 12.1 Å². The number of hydrogen-bond donors (Lipinski definition) is 2. The van der Waals surface area contributed by atoms with Crippen molar-refractivity contribution in [3.05, 3.63) is 70.3 Å². The van der Waals surface area contributed by atoms with Crippen molar-refractivity contribution in [2.75, 3.05) is 0 Å². The van der Waals surface area contributed by atoms with E-state index < -0.39 is 0 Å². The van der Waals surface area contributed by atoms with E-state index in [4.69, 9.17) is 0 Å². The van der Waals surface area contributed by atoms with Crippen LogP contribution < -0.4 is 5.32 Å². The summed E-state index contributed by atoms with van der Waals surface area (Å²) in [6, 6.07) is 15.7. The number of aliphatic hydroxyl groups is 1. The van der Waals surface area contributed by atoms with E-state index in [0.717, 1.165) is 12.0 Å². The van der Waals surface area contributed by atoms with Crippen molar-refractivity contribution in [1.82, 2.24) is 5.32 Å². The highest BCUT2D eigenvalue weighted by Gasteiger charge is 2.30. The van der Waals surface area contributed by atoms with Crippen LogP contribution in [0.3, 0.4) is 0 Å². The predicted octanol–water partition coefficient (Wildman–Crippen LogP) is 4.07. The molecule has 0 heterocycles. The van der Waals surface area contributed by atoms with Crippen molar-refractivity contribution >= 4 is 0 Å². The van der Waals surface area contributed by atoms with Crippen LogP contribution in [0.4, 0.5) is 0 Å². The Hall–Kier alpha value is -1.64. The van der Waals surface area contributed by atoms with Gasteiger partial charge in [0.1, 0.15) is 0 Å². The average molecular weight is 295 g/mol. The molecule has 2 heteroatoms. The van der Waals surface area contributed by atoms with Gasteiger partial charge in [0.25, 0.3) is 0 Å². The van der Waals surface area contributed by atoms with Crippen LogP contribution >= 0.6 is 0 Å². The van der Waals surface area contributed by atoms with E-state index in [9.17, 15) is 5.11 Å². The molecule has 0 saturated heterocycles. The minimum absolute atomic E-state index is 0.0996. The molecule has 22 heavy (non-hydrogen) atoms. The van der Waals surface area contributed by atoms with Gasteiger partial charge in [-0.05, 0) is 48.4 Å². The van der Waals surface area contributed by atoms with Crippen molar-refractivity contribution in [1.29, 1.82) is 0 Å². The lowest BCUT2D eigenvalue weighted by atomic mass is 9.98. The van der Waals surface area contributed by atoms with Gasteiger partial charge in [-0.15, -0.1) is 0 Å². The van der Waals surface area contributed by atoms with Crippen molar-refractivity contribution in [3.8, 4) is 0 Å². The van der Waals surface area contributed by atoms with Gasteiger partial charge in [-0.2, -0.15) is 0 Å². The van der Waals surface area contributed by atoms with Gasteiger partial charge < -0.3 is 10.4 Å². The molecular weight excluding hydrogens is 270 g/mol. The first kappa shape index (κ1) is 15.3. The summed E-state index contributed by atoms with van der Waals surface area (Å²) in [6.45, 7) is 6.79. The van der Waals surface area contributed by atoms with Crippen LogP contribution in [0.1, 0.15) is 53.7 Å². The summed E-state index contributed by atoms with van der Waals surface area (Å²) >= 11 is 0. The molecule has 3 atom stereocenters. The molecule has 2 aromatic rings. The van der Waals surface area contributed by atoms with Crippen LogP contribution in [0.5, 0.6) is 0 Å². The molecule has 2 nitrogen and oxygen atoms in total. The normalized spacial score (nSPS) is 21.6. The summed E-state index contributed by atoms with van der Waals surface area (Å²) in [6.07, 6.45) is 1.15. The Morgan fingerprint density at radius 2 is 2.05 bits per heavy atom. The fourth-order valence-corrected chi connectivity index (χ4v) is 3.54. The number of aryl methyl sites for hydroxylation is 1. The molecule has 2 aromatic carbocycles. The van der Waals surface area contributed by atoms with Gasteiger partial charge in [-0.1, -0.05) is 55.0 Å². The molecule has 0 aliphatic heterocycles. The first-order valence-electron chi connectivity index (χ1n) is 8.13. The second-order valence-electron chi connectivity index (χ2n) is 6.65. The third-order valence-electron chi connectivity index (χ3n) is 4.81. The van der Waals surface area contributed by atoms with Crippen LogP contribution in [-0.4, -0.2) is 5.11 Å².